The molecule has 3 rings (SSSR count). The number of carbonyl (C=O) groups excluding carboxylic acids is 1. The molecule has 1 amide bonds. The van der Waals surface area contributed by atoms with Gasteiger partial charge in [-0.2, -0.15) is 4.31 Å². The van der Waals surface area contributed by atoms with Crippen molar-refractivity contribution in [2.24, 2.45) is 0 Å². The molecular formula is C19H23N3O5S2. The van der Waals surface area contributed by atoms with Gasteiger partial charge in [-0.15, -0.1) is 11.3 Å². The van der Waals surface area contributed by atoms with E-state index >= 15 is 0 Å². The van der Waals surface area contributed by atoms with E-state index in [0.717, 1.165) is 18.9 Å². The van der Waals surface area contributed by atoms with E-state index in [9.17, 15) is 23.3 Å². The molecule has 2 heterocycles. The number of hydrogen-bond acceptors (Lipinski definition) is 6. The minimum absolute atomic E-state index is 0.0325. The average molecular weight is 438 g/mol. The van der Waals surface area contributed by atoms with Gasteiger partial charge in [0.25, 0.3) is 5.69 Å². The van der Waals surface area contributed by atoms with Crippen molar-refractivity contribution in [1.82, 2.24) is 9.21 Å². The van der Waals surface area contributed by atoms with Crippen molar-refractivity contribution in [2.45, 2.75) is 31.1 Å². The Kier molecular flexibility index (Phi) is 6.66. The monoisotopic (exact) mass is 437 g/mol. The molecule has 0 aliphatic carbocycles. The van der Waals surface area contributed by atoms with Crippen molar-refractivity contribution in [3.8, 4) is 0 Å². The normalized spacial score (nSPS) is 15.4. The number of aryl methyl sites for hydroxylation is 2. The number of hydrogen-bond donors (Lipinski definition) is 0. The molecule has 1 aliphatic heterocycles. The van der Waals surface area contributed by atoms with E-state index in [-0.39, 0.29) is 29.6 Å². The fourth-order valence-electron chi connectivity index (χ4n) is 3.32. The molecular weight excluding hydrogens is 414 g/mol. The molecule has 10 heteroatoms. The predicted molar refractivity (Wildman–Crippen MR) is 110 cm³/mol. The van der Waals surface area contributed by atoms with E-state index in [0.29, 0.717) is 25.1 Å². The molecule has 1 saturated heterocycles. The Morgan fingerprint density at radius 1 is 1.21 bits per heavy atom. The number of non-ortho nitro benzene ring substituents is 1. The number of rotatable bonds is 7. The summed E-state index contributed by atoms with van der Waals surface area (Å²) in [5.74, 6) is 0.0325. The highest BCUT2D eigenvalue weighted by Crippen LogP contribution is 2.25. The van der Waals surface area contributed by atoms with E-state index in [4.69, 9.17) is 0 Å². The van der Waals surface area contributed by atoms with Crippen molar-refractivity contribution >= 4 is 33.0 Å². The molecule has 1 aromatic heterocycles. The SMILES string of the molecule is Cc1ccc([N+](=O)[O-])cc1S(=O)(=O)N1CCN(C(=O)CCCc2cccs2)CC1. The second-order valence-corrected chi connectivity index (χ2v) is 9.86. The van der Waals surface area contributed by atoms with Crippen LogP contribution in [0.5, 0.6) is 0 Å². The first-order valence-electron chi connectivity index (χ1n) is 9.34. The fourth-order valence-corrected chi connectivity index (χ4v) is 5.74. The molecule has 0 radical (unpaired) electrons. The molecule has 0 saturated carbocycles. The summed E-state index contributed by atoms with van der Waals surface area (Å²) in [4.78, 5) is 25.7. The van der Waals surface area contributed by atoms with Crippen molar-refractivity contribution in [1.29, 1.82) is 0 Å². The quantitative estimate of drug-likeness (QED) is 0.490. The van der Waals surface area contributed by atoms with Crippen molar-refractivity contribution in [3.05, 3.63) is 56.3 Å². The van der Waals surface area contributed by atoms with Gasteiger partial charge < -0.3 is 4.90 Å². The Morgan fingerprint density at radius 3 is 2.55 bits per heavy atom. The van der Waals surface area contributed by atoms with Gasteiger partial charge in [-0.1, -0.05) is 12.1 Å². The highest BCUT2D eigenvalue weighted by molar-refractivity contribution is 7.89. The van der Waals surface area contributed by atoms with Gasteiger partial charge in [0.2, 0.25) is 15.9 Å². The molecule has 0 atom stereocenters. The van der Waals surface area contributed by atoms with Gasteiger partial charge >= 0.3 is 0 Å². The van der Waals surface area contributed by atoms with E-state index in [1.165, 1.54) is 21.3 Å². The molecule has 29 heavy (non-hydrogen) atoms. The number of nitro groups is 1. The summed E-state index contributed by atoms with van der Waals surface area (Å²) in [5, 5.41) is 13.0. The Labute approximate surface area is 174 Å². The van der Waals surface area contributed by atoms with Gasteiger partial charge in [-0.3, -0.25) is 14.9 Å². The number of carbonyl (C=O) groups is 1. The third kappa shape index (κ3) is 5.01. The van der Waals surface area contributed by atoms with Crippen LogP contribution in [0.25, 0.3) is 0 Å². The number of sulfonamides is 1. The zero-order valence-electron chi connectivity index (χ0n) is 16.1. The summed E-state index contributed by atoms with van der Waals surface area (Å²) in [6.45, 7) is 2.63. The van der Waals surface area contributed by atoms with Gasteiger partial charge in [0.15, 0.2) is 0 Å². The Bertz CT molecular complexity index is 981. The predicted octanol–water partition coefficient (Wildman–Crippen LogP) is 2.82. The van der Waals surface area contributed by atoms with Crippen LogP contribution in [-0.4, -0.2) is 54.6 Å². The van der Waals surface area contributed by atoms with E-state index in [2.05, 4.69) is 6.07 Å². The fraction of sp³-hybridized carbons (Fsp3) is 0.421. The van der Waals surface area contributed by atoms with Crippen LogP contribution in [0.3, 0.4) is 0 Å². The smallest absolute Gasteiger partial charge is 0.270 e. The second kappa shape index (κ2) is 9.02. The first kappa shape index (κ1) is 21.4. The minimum atomic E-state index is -3.85. The van der Waals surface area contributed by atoms with Gasteiger partial charge in [0.05, 0.1) is 9.82 Å². The number of piperazine rings is 1. The Morgan fingerprint density at radius 2 is 1.93 bits per heavy atom. The lowest BCUT2D eigenvalue weighted by atomic mass is 10.2. The third-order valence-electron chi connectivity index (χ3n) is 4.99. The lowest BCUT2D eigenvalue weighted by molar-refractivity contribution is -0.385. The van der Waals surface area contributed by atoms with Crippen LogP contribution in [0.15, 0.2) is 40.6 Å². The molecule has 0 bridgehead atoms. The van der Waals surface area contributed by atoms with Crippen LogP contribution >= 0.6 is 11.3 Å². The molecule has 1 aromatic carbocycles. The zero-order chi connectivity index (χ0) is 21.0. The lowest BCUT2D eigenvalue weighted by Gasteiger charge is -2.34. The zero-order valence-corrected chi connectivity index (χ0v) is 17.7. The molecule has 0 N–H and O–H groups in total. The van der Waals surface area contributed by atoms with Crippen LogP contribution in [0.4, 0.5) is 5.69 Å². The minimum Gasteiger partial charge on any atom is -0.340 e. The number of benzene rings is 1. The number of nitro benzene ring substituents is 1. The van der Waals surface area contributed by atoms with Gasteiger partial charge in [-0.25, -0.2) is 8.42 Å². The van der Waals surface area contributed by atoms with Crippen LogP contribution < -0.4 is 0 Å². The molecule has 0 unspecified atom stereocenters. The summed E-state index contributed by atoms with van der Waals surface area (Å²) < 4.78 is 27.2. The number of thiophene rings is 1. The topological polar surface area (TPSA) is 101 Å². The van der Waals surface area contributed by atoms with Crippen molar-refractivity contribution < 1.29 is 18.1 Å². The van der Waals surface area contributed by atoms with Crippen molar-refractivity contribution in [2.75, 3.05) is 26.2 Å². The van der Waals surface area contributed by atoms with E-state index in [1.807, 2.05) is 11.4 Å². The first-order chi connectivity index (χ1) is 13.8. The average Bonchev–Trinajstić information content (AvgIpc) is 3.21. The van der Waals surface area contributed by atoms with Gasteiger partial charge in [0, 0.05) is 49.6 Å². The van der Waals surface area contributed by atoms with Crippen LogP contribution in [0, 0.1) is 17.0 Å². The molecule has 0 spiro atoms. The number of nitrogens with zero attached hydrogens (tertiary/aromatic N) is 3. The second-order valence-electron chi connectivity index (χ2n) is 6.92. The van der Waals surface area contributed by atoms with E-state index < -0.39 is 14.9 Å². The summed E-state index contributed by atoms with van der Waals surface area (Å²) in [6.07, 6.45) is 2.07. The maximum atomic E-state index is 13.0. The first-order valence-corrected chi connectivity index (χ1v) is 11.7. The molecule has 8 nitrogen and oxygen atoms in total. The molecule has 156 valence electrons. The van der Waals surface area contributed by atoms with Crippen LogP contribution in [0.1, 0.15) is 23.3 Å². The van der Waals surface area contributed by atoms with E-state index in [1.54, 1.807) is 23.2 Å². The summed E-state index contributed by atoms with van der Waals surface area (Å²) in [5.41, 5.74) is 0.205. The molecule has 2 aromatic rings. The van der Waals surface area contributed by atoms with Crippen LogP contribution in [-0.2, 0) is 21.2 Å². The maximum Gasteiger partial charge on any atom is 0.270 e. The van der Waals surface area contributed by atoms with Gasteiger partial charge in [-0.05, 0) is 36.8 Å². The van der Waals surface area contributed by atoms with Gasteiger partial charge in [0.1, 0.15) is 0 Å². The summed E-state index contributed by atoms with van der Waals surface area (Å²) >= 11 is 1.67. The highest BCUT2D eigenvalue weighted by atomic mass is 32.2. The molecule has 1 aliphatic rings. The highest BCUT2D eigenvalue weighted by Gasteiger charge is 2.31. The summed E-state index contributed by atoms with van der Waals surface area (Å²) in [6, 6.07) is 7.88. The Hall–Kier alpha value is -2.30. The third-order valence-corrected chi connectivity index (χ3v) is 7.96. The van der Waals surface area contributed by atoms with Crippen LogP contribution in [0.2, 0.25) is 0 Å². The largest absolute Gasteiger partial charge is 0.340 e. The summed E-state index contributed by atoms with van der Waals surface area (Å²) in [7, 11) is -3.85. The Balaban J connectivity index is 1.59. The molecule has 1 fully saturated rings. The van der Waals surface area contributed by atoms with Crippen molar-refractivity contribution in [3.63, 3.8) is 0 Å². The maximum absolute atomic E-state index is 13.0. The standard InChI is InChI=1S/C19H23N3O5S2/c1-15-7-8-16(22(24)25)14-18(15)29(26,27)21-11-9-20(10-12-21)19(23)6-2-4-17-5-3-13-28-17/h3,5,7-8,13-14H,2,4,6,9-12H2,1H3. The number of amides is 1. The lowest BCUT2D eigenvalue weighted by Crippen LogP contribution is -2.50.